The quantitative estimate of drug-likeness (QED) is 0.871. The first-order valence-corrected chi connectivity index (χ1v) is 7.89. The third kappa shape index (κ3) is 4.11. The molecule has 4 heteroatoms. The Morgan fingerprint density at radius 3 is 2.75 bits per heavy atom. The summed E-state index contributed by atoms with van der Waals surface area (Å²) in [5.74, 6) is 0.881. The fraction of sp³-hybridized carbons (Fsp3) is 0.625. The summed E-state index contributed by atoms with van der Waals surface area (Å²) in [5, 5.41) is 4.27. The summed E-state index contributed by atoms with van der Waals surface area (Å²) in [4.78, 5) is 2.57. The van der Waals surface area contributed by atoms with Crippen molar-refractivity contribution in [2.24, 2.45) is 0 Å². The molecule has 1 fully saturated rings. The first-order valence-electron chi connectivity index (χ1n) is 7.51. The number of methoxy groups -OCH3 is 1. The zero-order valence-corrected chi connectivity index (χ0v) is 13.2. The van der Waals surface area contributed by atoms with E-state index in [-0.39, 0.29) is 0 Å². The van der Waals surface area contributed by atoms with Gasteiger partial charge in [-0.1, -0.05) is 18.5 Å². The van der Waals surface area contributed by atoms with Crippen molar-refractivity contribution in [3.63, 3.8) is 0 Å². The van der Waals surface area contributed by atoms with Crippen LogP contribution in [0.1, 0.15) is 31.7 Å². The minimum absolute atomic E-state index is 0.665. The summed E-state index contributed by atoms with van der Waals surface area (Å²) in [7, 11) is 1.70. The van der Waals surface area contributed by atoms with Gasteiger partial charge in [-0.3, -0.25) is 4.90 Å². The zero-order chi connectivity index (χ0) is 14.4. The zero-order valence-electron chi connectivity index (χ0n) is 12.5. The first-order chi connectivity index (χ1) is 9.74. The molecule has 1 saturated heterocycles. The lowest BCUT2D eigenvalue weighted by atomic mass is 10.0. The van der Waals surface area contributed by atoms with Gasteiger partial charge in [-0.05, 0) is 62.7 Å². The van der Waals surface area contributed by atoms with E-state index in [1.165, 1.54) is 19.3 Å². The molecule has 0 bridgehead atoms. The van der Waals surface area contributed by atoms with Crippen molar-refractivity contribution in [3.8, 4) is 5.75 Å². The molecule has 0 spiro atoms. The maximum atomic E-state index is 6.34. The predicted molar refractivity (Wildman–Crippen MR) is 84.6 cm³/mol. The van der Waals surface area contributed by atoms with Crippen LogP contribution in [-0.4, -0.2) is 37.7 Å². The third-order valence-electron chi connectivity index (χ3n) is 3.96. The second kappa shape index (κ2) is 7.87. The molecule has 0 aromatic heterocycles. The Kier molecular flexibility index (Phi) is 6.14. The molecule has 112 valence electrons. The van der Waals surface area contributed by atoms with Crippen molar-refractivity contribution >= 4 is 11.6 Å². The number of hydrogen-bond donors (Lipinski definition) is 1. The Morgan fingerprint density at radius 2 is 2.10 bits per heavy atom. The van der Waals surface area contributed by atoms with Crippen LogP contribution in [0.25, 0.3) is 0 Å². The Morgan fingerprint density at radius 1 is 1.35 bits per heavy atom. The van der Waals surface area contributed by atoms with Crippen LogP contribution in [0.4, 0.5) is 0 Å². The summed E-state index contributed by atoms with van der Waals surface area (Å²) in [6, 6.07) is 6.58. The largest absolute Gasteiger partial charge is 0.497 e. The molecule has 1 aliphatic rings. The minimum Gasteiger partial charge on any atom is -0.497 e. The van der Waals surface area contributed by atoms with E-state index >= 15 is 0 Å². The van der Waals surface area contributed by atoms with Gasteiger partial charge in [-0.15, -0.1) is 0 Å². The van der Waals surface area contributed by atoms with Crippen molar-refractivity contribution in [2.75, 3.05) is 26.7 Å². The van der Waals surface area contributed by atoms with E-state index < -0.39 is 0 Å². The molecular weight excluding hydrogens is 272 g/mol. The lowest BCUT2D eigenvalue weighted by molar-refractivity contribution is 0.154. The maximum absolute atomic E-state index is 6.34. The lowest BCUT2D eigenvalue weighted by Crippen LogP contribution is -2.43. The van der Waals surface area contributed by atoms with E-state index in [2.05, 4.69) is 23.2 Å². The third-order valence-corrected chi connectivity index (χ3v) is 4.33. The summed E-state index contributed by atoms with van der Waals surface area (Å²) >= 11 is 6.34. The van der Waals surface area contributed by atoms with E-state index in [0.717, 1.165) is 42.5 Å². The highest BCUT2D eigenvalue weighted by atomic mass is 35.5. The summed E-state index contributed by atoms with van der Waals surface area (Å²) in [6.45, 7) is 6.52. The van der Waals surface area contributed by atoms with Gasteiger partial charge < -0.3 is 10.1 Å². The van der Waals surface area contributed by atoms with E-state index in [1.54, 1.807) is 7.11 Å². The molecule has 2 rings (SSSR count). The van der Waals surface area contributed by atoms with Crippen LogP contribution in [0.5, 0.6) is 5.75 Å². The van der Waals surface area contributed by atoms with Crippen molar-refractivity contribution in [2.45, 2.75) is 38.8 Å². The molecule has 1 aliphatic heterocycles. The van der Waals surface area contributed by atoms with Gasteiger partial charge in [0.2, 0.25) is 0 Å². The number of hydrogen-bond acceptors (Lipinski definition) is 3. The molecule has 0 aliphatic carbocycles. The average Bonchev–Trinajstić information content (AvgIpc) is 2.49. The molecule has 1 N–H and O–H groups in total. The van der Waals surface area contributed by atoms with Gasteiger partial charge in [0.25, 0.3) is 0 Å². The van der Waals surface area contributed by atoms with E-state index in [4.69, 9.17) is 16.3 Å². The SMILES string of the molecule is CCCN(Cc1cc(OC)ccc1Cl)C1CCNCC1. The van der Waals surface area contributed by atoms with Crippen LogP contribution < -0.4 is 10.1 Å². The Hall–Kier alpha value is -0.770. The molecule has 0 amide bonds. The average molecular weight is 297 g/mol. The molecular formula is C16H25ClN2O. The summed E-state index contributed by atoms with van der Waals surface area (Å²) in [5.41, 5.74) is 1.16. The Labute approximate surface area is 127 Å². The van der Waals surface area contributed by atoms with Crippen molar-refractivity contribution in [1.29, 1.82) is 0 Å². The second-order valence-electron chi connectivity index (χ2n) is 5.41. The molecule has 0 radical (unpaired) electrons. The fourth-order valence-electron chi connectivity index (χ4n) is 2.87. The van der Waals surface area contributed by atoms with Crippen LogP contribution >= 0.6 is 11.6 Å². The van der Waals surface area contributed by atoms with Gasteiger partial charge >= 0.3 is 0 Å². The molecule has 0 saturated carbocycles. The number of rotatable bonds is 6. The minimum atomic E-state index is 0.665. The summed E-state index contributed by atoms with van der Waals surface area (Å²) < 4.78 is 5.31. The lowest BCUT2D eigenvalue weighted by Gasteiger charge is -2.34. The normalized spacial score (nSPS) is 16.6. The van der Waals surface area contributed by atoms with Crippen LogP contribution in [-0.2, 0) is 6.54 Å². The number of benzene rings is 1. The van der Waals surface area contributed by atoms with Crippen LogP contribution in [0.15, 0.2) is 18.2 Å². The van der Waals surface area contributed by atoms with Crippen LogP contribution in [0.3, 0.4) is 0 Å². The monoisotopic (exact) mass is 296 g/mol. The summed E-state index contributed by atoms with van der Waals surface area (Å²) in [6.07, 6.45) is 3.62. The van der Waals surface area contributed by atoms with Gasteiger partial charge in [0, 0.05) is 17.6 Å². The number of ether oxygens (including phenoxy) is 1. The van der Waals surface area contributed by atoms with E-state index in [1.807, 2.05) is 12.1 Å². The van der Waals surface area contributed by atoms with Gasteiger partial charge in [-0.25, -0.2) is 0 Å². The molecule has 3 nitrogen and oxygen atoms in total. The molecule has 1 aromatic carbocycles. The molecule has 20 heavy (non-hydrogen) atoms. The topological polar surface area (TPSA) is 24.5 Å². The maximum Gasteiger partial charge on any atom is 0.119 e. The highest BCUT2D eigenvalue weighted by Crippen LogP contribution is 2.25. The molecule has 0 unspecified atom stereocenters. The molecule has 1 heterocycles. The van der Waals surface area contributed by atoms with E-state index in [0.29, 0.717) is 6.04 Å². The Bertz CT molecular complexity index is 419. The van der Waals surface area contributed by atoms with Crippen molar-refractivity contribution in [3.05, 3.63) is 28.8 Å². The number of halogens is 1. The standard InChI is InChI=1S/C16H25ClN2O/c1-3-10-19(14-6-8-18-9-7-14)12-13-11-15(20-2)4-5-16(13)17/h4-5,11,14,18H,3,6-10,12H2,1-2H3. The number of piperidine rings is 1. The predicted octanol–water partition coefficient (Wildman–Crippen LogP) is 3.31. The fourth-order valence-corrected chi connectivity index (χ4v) is 3.05. The number of nitrogens with zero attached hydrogens (tertiary/aromatic N) is 1. The second-order valence-corrected chi connectivity index (χ2v) is 5.82. The van der Waals surface area contributed by atoms with Gasteiger partial charge in [-0.2, -0.15) is 0 Å². The van der Waals surface area contributed by atoms with Crippen LogP contribution in [0, 0.1) is 0 Å². The molecule has 1 aromatic rings. The highest BCUT2D eigenvalue weighted by molar-refractivity contribution is 6.31. The smallest absolute Gasteiger partial charge is 0.119 e. The van der Waals surface area contributed by atoms with Crippen LogP contribution in [0.2, 0.25) is 5.02 Å². The first kappa shape index (κ1) is 15.6. The molecule has 0 atom stereocenters. The van der Waals surface area contributed by atoms with Gasteiger partial charge in [0.05, 0.1) is 7.11 Å². The van der Waals surface area contributed by atoms with Gasteiger partial charge in [0.1, 0.15) is 5.75 Å². The van der Waals surface area contributed by atoms with Gasteiger partial charge in [0.15, 0.2) is 0 Å². The highest BCUT2D eigenvalue weighted by Gasteiger charge is 2.21. The number of nitrogens with one attached hydrogen (secondary N) is 1. The van der Waals surface area contributed by atoms with Crippen molar-refractivity contribution in [1.82, 2.24) is 10.2 Å². The van der Waals surface area contributed by atoms with E-state index in [9.17, 15) is 0 Å². The van der Waals surface area contributed by atoms with Crippen molar-refractivity contribution < 1.29 is 4.74 Å². The Balaban J connectivity index is 2.10.